The summed E-state index contributed by atoms with van der Waals surface area (Å²) in [5.41, 5.74) is 12.7. The van der Waals surface area contributed by atoms with Gasteiger partial charge in [-0.1, -0.05) is 0 Å². The highest BCUT2D eigenvalue weighted by molar-refractivity contribution is 6.30. The molecule has 5 heteroatoms. The van der Waals surface area contributed by atoms with Gasteiger partial charge in [-0.05, 0) is 30.3 Å². The summed E-state index contributed by atoms with van der Waals surface area (Å²) in [5, 5.41) is 9.44. The minimum Gasteiger partial charge on any atom is -0.508 e. The number of ketones is 2. The highest BCUT2D eigenvalue weighted by Crippen LogP contribution is 2.33. The van der Waals surface area contributed by atoms with Crippen LogP contribution < -0.4 is 11.5 Å². The lowest BCUT2D eigenvalue weighted by Crippen LogP contribution is -2.22. The zero-order valence-corrected chi connectivity index (χ0v) is 9.81. The molecule has 0 aromatic heterocycles. The van der Waals surface area contributed by atoms with Crippen molar-refractivity contribution in [3.8, 4) is 5.75 Å². The Balaban J connectivity index is 2.36. The zero-order valence-electron chi connectivity index (χ0n) is 9.81. The maximum atomic E-state index is 12.4. The van der Waals surface area contributed by atoms with Gasteiger partial charge < -0.3 is 16.6 Å². The van der Waals surface area contributed by atoms with Crippen LogP contribution in [-0.2, 0) is 0 Å². The Morgan fingerprint density at radius 3 is 2.32 bits per heavy atom. The van der Waals surface area contributed by atoms with Gasteiger partial charge in [-0.3, -0.25) is 9.59 Å². The molecule has 0 spiro atoms. The van der Waals surface area contributed by atoms with E-state index in [2.05, 4.69) is 0 Å². The molecule has 0 atom stereocenters. The van der Waals surface area contributed by atoms with E-state index in [4.69, 9.17) is 11.5 Å². The van der Waals surface area contributed by atoms with E-state index < -0.39 is 0 Å². The van der Waals surface area contributed by atoms with Crippen molar-refractivity contribution in [3.05, 3.63) is 52.6 Å². The average molecular weight is 254 g/mol. The molecule has 1 aliphatic carbocycles. The number of phenols is 1. The van der Waals surface area contributed by atoms with Gasteiger partial charge in [0.05, 0.1) is 5.56 Å². The predicted molar refractivity (Wildman–Crippen MR) is 70.2 cm³/mol. The van der Waals surface area contributed by atoms with Crippen LogP contribution in [0.1, 0.15) is 31.8 Å². The second-order valence-corrected chi connectivity index (χ2v) is 4.42. The molecule has 0 radical (unpaired) electrons. The van der Waals surface area contributed by atoms with Gasteiger partial charge in [0, 0.05) is 28.1 Å². The summed E-state index contributed by atoms with van der Waals surface area (Å²) >= 11 is 0. The third-order valence-electron chi connectivity index (χ3n) is 3.16. The van der Waals surface area contributed by atoms with Gasteiger partial charge in [-0.2, -0.15) is 0 Å². The summed E-state index contributed by atoms with van der Waals surface area (Å²) in [4.78, 5) is 24.7. The van der Waals surface area contributed by atoms with Gasteiger partial charge in [0.2, 0.25) is 0 Å². The molecule has 0 unspecified atom stereocenters. The first kappa shape index (κ1) is 11.3. The molecule has 2 aromatic rings. The van der Waals surface area contributed by atoms with Crippen LogP contribution in [0.4, 0.5) is 11.4 Å². The van der Waals surface area contributed by atoms with Crippen molar-refractivity contribution in [3.63, 3.8) is 0 Å². The number of benzene rings is 2. The van der Waals surface area contributed by atoms with Crippen molar-refractivity contribution >= 4 is 22.9 Å². The van der Waals surface area contributed by atoms with E-state index in [-0.39, 0.29) is 45.3 Å². The molecule has 0 saturated carbocycles. The maximum Gasteiger partial charge on any atom is 0.196 e. The van der Waals surface area contributed by atoms with Gasteiger partial charge in [-0.25, -0.2) is 0 Å². The third-order valence-corrected chi connectivity index (χ3v) is 3.16. The molecule has 3 rings (SSSR count). The molecular weight excluding hydrogens is 244 g/mol. The molecule has 19 heavy (non-hydrogen) atoms. The number of aromatic hydroxyl groups is 1. The van der Waals surface area contributed by atoms with E-state index in [1.54, 1.807) is 0 Å². The average Bonchev–Trinajstić information content (AvgIpc) is 2.35. The normalized spacial score (nSPS) is 13.1. The van der Waals surface area contributed by atoms with Crippen LogP contribution in [0, 0.1) is 0 Å². The van der Waals surface area contributed by atoms with Crippen LogP contribution in [-0.4, -0.2) is 16.7 Å². The van der Waals surface area contributed by atoms with Gasteiger partial charge in [0.25, 0.3) is 0 Å². The number of phenolic OH excluding ortho intramolecular Hbond substituents is 1. The zero-order chi connectivity index (χ0) is 13.7. The highest BCUT2D eigenvalue weighted by atomic mass is 16.3. The number of anilines is 2. The fourth-order valence-corrected chi connectivity index (χ4v) is 2.32. The fourth-order valence-electron chi connectivity index (χ4n) is 2.32. The Kier molecular flexibility index (Phi) is 2.13. The van der Waals surface area contributed by atoms with Gasteiger partial charge in [0.1, 0.15) is 5.75 Å². The second-order valence-electron chi connectivity index (χ2n) is 4.42. The maximum absolute atomic E-state index is 12.4. The Morgan fingerprint density at radius 1 is 0.842 bits per heavy atom. The fraction of sp³-hybridized carbons (Fsp3) is 0. The standard InChI is InChI=1S/C14H10N2O3/c15-6-3-10-12(11(16)4-6)14(19)9-5-7(17)1-2-8(9)13(10)18/h1-5,17H,15-16H2. The van der Waals surface area contributed by atoms with Crippen LogP contribution in [0.2, 0.25) is 0 Å². The second kappa shape index (κ2) is 3.58. The van der Waals surface area contributed by atoms with E-state index in [1.165, 1.54) is 30.3 Å². The van der Waals surface area contributed by atoms with Crippen LogP contribution in [0.3, 0.4) is 0 Å². The molecule has 0 heterocycles. The first-order chi connectivity index (χ1) is 8.99. The number of carbonyl (C=O) groups excluding carboxylic acids is 2. The van der Waals surface area contributed by atoms with Crippen molar-refractivity contribution in [2.24, 2.45) is 0 Å². The SMILES string of the molecule is Nc1cc(N)c2c(c1)C(=O)c1ccc(O)cc1C2=O. The van der Waals surface area contributed by atoms with Crippen molar-refractivity contribution in [1.29, 1.82) is 0 Å². The molecule has 5 N–H and O–H groups in total. The third kappa shape index (κ3) is 1.48. The van der Waals surface area contributed by atoms with Crippen molar-refractivity contribution in [2.75, 3.05) is 11.5 Å². The van der Waals surface area contributed by atoms with Gasteiger partial charge >= 0.3 is 0 Å². The molecule has 0 amide bonds. The predicted octanol–water partition coefficient (Wildman–Crippen LogP) is 1.33. The molecule has 1 aliphatic rings. The lowest BCUT2D eigenvalue weighted by molar-refractivity contribution is 0.0979. The van der Waals surface area contributed by atoms with Crippen molar-refractivity contribution in [1.82, 2.24) is 0 Å². The summed E-state index contributed by atoms with van der Waals surface area (Å²) in [5.74, 6) is -0.765. The lowest BCUT2D eigenvalue weighted by atomic mass is 9.83. The molecule has 2 aromatic carbocycles. The van der Waals surface area contributed by atoms with Gasteiger partial charge in [0.15, 0.2) is 11.6 Å². The van der Waals surface area contributed by atoms with Crippen molar-refractivity contribution < 1.29 is 14.7 Å². The van der Waals surface area contributed by atoms with E-state index in [9.17, 15) is 14.7 Å². The van der Waals surface area contributed by atoms with E-state index in [0.717, 1.165) is 0 Å². The molecule has 0 saturated heterocycles. The molecular formula is C14H10N2O3. The number of carbonyl (C=O) groups is 2. The minimum atomic E-state index is -0.377. The molecule has 94 valence electrons. The van der Waals surface area contributed by atoms with E-state index in [0.29, 0.717) is 5.69 Å². The Morgan fingerprint density at radius 2 is 1.58 bits per heavy atom. The first-order valence-corrected chi connectivity index (χ1v) is 5.60. The summed E-state index contributed by atoms with van der Waals surface area (Å²) < 4.78 is 0. The number of nitrogen functional groups attached to an aromatic ring is 2. The van der Waals surface area contributed by atoms with Crippen molar-refractivity contribution in [2.45, 2.75) is 0 Å². The van der Waals surface area contributed by atoms with Crippen LogP contribution in [0.5, 0.6) is 5.75 Å². The molecule has 0 aliphatic heterocycles. The topological polar surface area (TPSA) is 106 Å². The van der Waals surface area contributed by atoms with Gasteiger partial charge in [-0.15, -0.1) is 0 Å². The number of nitrogens with two attached hydrogens (primary N) is 2. The summed E-state index contributed by atoms with van der Waals surface area (Å²) in [6, 6.07) is 6.95. The summed E-state index contributed by atoms with van der Waals surface area (Å²) in [6.45, 7) is 0. The van der Waals surface area contributed by atoms with Crippen LogP contribution in [0.25, 0.3) is 0 Å². The van der Waals surface area contributed by atoms with E-state index >= 15 is 0 Å². The lowest BCUT2D eigenvalue weighted by Gasteiger charge is -2.19. The molecule has 0 bridgehead atoms. The first-order valence-electron chi connectivity index (χ1n) is 5.60. The highest BCUT2D eigenvalue weighted by Gasteiger charge is 2.31. The number of fused-ring (bicyclic) bond motifs is 2. The summed E-state index contributed by atoms with van der Waals surface area (Å²) in [7, 11) is 0. The quantitative estimate of drug-likeness (QED) is 0.525. The summed E-state index contributed by atoms with van der Waals surface area (Å²) in [6.07, 6.45) is 0. The smallest absolute Gasteiger partial charge is 0.196 e. The largest absolute Gasteiger partial charge is 0.508 e. The van der Waals surface area contributed by atoms with Crippen LogP contribution >= 0.6 is 0 Å². The Labute approximate surface area is 108 Å². The number of hydrogen-bond acceptors (Lipinski definition) is 5. The number of rotatable bonds is 0. The molecule has 0 fully saturated rings. The molecule has 5 nitrogen and oxygen atoms in total. The Bertz CT molecular complexity index is 751. The van der Waals surface area contributed by atoms with Crippen LogP contribution in [0.15, 0.2) is 30.3 Å². The monoisotopic (exact) mass is 254 g/mol. The van der Waals surface area contributed by atoms with E-state index in [1.807, 2.05) is 0 Å². The Hall–Kier alpha value is -2.82. The number of hydrogen-bond donors (Lipinski definition) is 3. The minimum absolute atomic E-state index is 0.0719.